The molecule has 0 bridgehead atoms. The summed E-state index contributed by atoms with van der Waals surface area (Å²) >= 11 is 0. The van der Waals surface area contributed by atoms with Crippen molar-refractivity contribution < 1.29 is 26.2 Å². The first kappa shape index (κ1) is 46.9. The van der Waals surface area contributed by atoms with Crippen LogP contribution in [0.1, 0.15) is 137 Å². The van der Waals surface area contributed by atoms with E-state index in [4.69, 9.17) is 0 Å². The van der Waals surface area contributed by atoms with Crippen LogP contribution in [0.3, 0.4) is 0 Å². The fourth-order valence-electron chi connectivity index (χ4n) is 6.43. The van der Waals surface area contributed by atoms with Gasteiger partial charge in [0.15, 0.2) is 0 Å². The van der Waals surface area contributed by atoms with E-state index in [1.165, 1.54) is 149 Å². The van der Waals surface area contributed by atoms with Gasteiger partial charge in [-0.1, -0.05) is 158 Å². The van der Waals surface area contributed by atoms with E-state index in [0.717, 1.165) is 0 Å². The zero-order valence-electron chi connectivity index (χ0n) is 32.9. The molecule has 0 amide bonds. The normalized spacial score (nSPS) is 11.1. The number of allylic oxidation sites excluding steroid dienone is 3. The summed E-state index contributed by atoms with van der Waals surface area (Å²) in [5.41, 5.74) is 0. The molecule has 0 fully saturated rings. The first-order valence-electron chi connectivity index (χ1n) is 20.2. The van der Waals surface area contributed by atoms with Gasteiger partial charge in [0.1, 0.15) is 0 Å². The summed E-state index contributed by atoms with van der Waals surface area (Å²) in [6.45, 7) is 14.6. The zero-order chi connectivity index (χ0) is 35.4. The first-order valence-corrected chi connectivity index (χ1v) is 23.6. The molecule has 0 atom stereocenters. The maximum Gasteiger partial charge on any atom is 2.00 e. The summed E-state index contributed by atoms with van der Waals surface area (Å²) in [5, 5.41) is 9.06. The van der Waals surface area contributed by atoms with Crippen LogP contribution in [0.4, 0.5) is 0 Å². The molecule has 4 aromatic rings. The van der Waals surface area contributed by atoms with Crippen molar-refractivity contribution in [2.75, 3.05) is 24.6 Å². The Morgan fingerprint density at radius 3 is 1.12 bits per heavy atom. The summed E-state index contributed by atoms with van der Waals surface area (Å²) < 4.78 is 0. The van der Waals surface area contributed by atoms with Gasteiger partial charge in [-0.25, -0.2) is 0 Å². The Hall–Kier alpha value is -1.12. The second-order valence-corrected chi connectivity index (χ2v) is 18.6. The van der Waals surface area contributed by atoms with Crippen molar-refractivity contribution >= 4 is 48.0 Å². The summed E-state index contributed by atoms with van der Waals surface area (Å²) in [6.07, 6.45) is 33.7. The molecule has 4 rings (SSSR count). The van der Waals surface area contributed by atoms with Gasteiger partial charge in [-0.2, -0.15) is 12.1 Å². The molecule has 0 N–H and O–H groups in total. The van der Waals surface area contributed by atoms with Gasteiger partial charge >= 0.3 is 26.2 Å². The molecule has 0 aromatic heterocycles. The predicted molar refractivity (Wildman–Crippen MR) is 233 cm³/mol. The number of unbranched alkanes of at least 4 members (excludes halogenated alkanes) is 12. The van der Waals surface area contributed by atoms with Gasteiger partial charge in [0.25, 0.3) is 0 Å². The minimum atomic E-state index is 0. The Balaban J connectivity index is 0.000000433. The zero-order valence-corrected chi connectivity index (χ0v) is 37.2. The number of benzene rings is 2. The van der Waals surface area contributed by atoms with Gasteiger partial charge in [0.2, 0.25) is 0 Å². The van der Waals surface area contributed by atoms with E-state index in [0.29, 0.717) is 0 Å². The molecule has 0 heterocycles. The van der Waals surface area contributed by atoms with Crippen molar-refractivity contribution in [2.45, 2.75) is 137 Å². The molecule has 0 aliphatic carbocycles. The number of fused-ring (bicyclic) bond motifs is 2. The van der Waals surface area contributed by atoms with Gasteiger partial charge in [-0.15, -0.1) is 80.7 Å². The number of hydrogen-bond acceptors (Lipinski definition) is 0. The molecule has 274 valence electrons. The Labute approximate surface area is 331 Å². The molecule has 4 aromatic carbocycles. The van der Waals surface area contributed by atoms with E-state index < -0.39 is 0 Å². The van der Waals surface area contributed by atoms with Crippen molar-refractivity contribution in [2.24, 2.45) is 0 Å². The van der Waals surface area contributed by atoms with Crippen LogP contribution in [0.15, 0.2) is 97.6 Å². The summed E-state index contributed by atoms with van der Waals surface area (Å²) in [4.78, 5) is 0. The maximum atomic E-state index is 3.46. The first-order chi connectivity index (χ1) is 24.1. The molecule has 0 unspecified atom stereocenters. The molecule has 0 saturated carbocycles. The van der Waals surface area contributed by atoms with Crippen LogP contribution in [0, 0.1) is 0 Å². The quantitative estimate of drug-likeness (QED) is 0.0304. The molecule has 3 heteroatoms. The predicted octanol–water partition coefficient (Wildman–Crippen LogP) is 15.4. The molecule has 0 aliphatic heterocycles. The maximum absolute atomic E-state index is 3.46. The van der Waals surface area contributed by atoms with Gasteiger partial charge in [0, 0.05) is 0 Å². The van der Waals surface area contributed by atoms with Crippen LogP contribution >= 0.6 is 15.8 Å². The molecule has 50 heavy (non-hydrogen) atoms. The number of rotatable bonds is 23. The smallest absolute Gasteiger partial charge is 0.161 e. The van der Waals surface area contributed by atoms with Crippen molar-refractivity contribution in [1.29, 1.82) is 0 Å². The molecular weight excluding hydrogens is 718 g/mol. The Morgan fingerprint density at radius 2 is 0.860 bits per heavy atom. The molecular formula is C47H72P2Zr. The van der Waals surface area contributed by atoms with Crippen LogP contribution in [0.25, 0.3) is 21.5 Å². The van der Waals surface area contributed by atoms with Gasteiger partial charge in [-0.3, -0.25) is 0 Å². The number of hydrogen-bond donors (Lipinski definition) is 0. The molecule has 0 radical (unpaired) electrons. The van der Waals surface area contributed by atoms with E-state index in [2.05, 4.69) is 107 Å². The summed E-state index contributed by atoms with van der Waals surface area (Å²) in [6, 6.07) is 27.6. The third-order valence-corrected chi connectivity index (χ3v) is 14.8. The standard InChI is InChI=1S/2C21H32P.C5H8.Zr/c2*1-3-5-7-11-15-22(16-12-8-6-4-2)21-17-19-13-9-10-14-20(19)18-21;1-3-5-4-2;/h2*9-10,13-14,17-18H,3-8,11-12,15-16H2,1-2H3;3-5H,1H2,2H3;/q2*-1;;+2. The van der Waals surface area contributed by atoms with Gasteiger partial charge in [0.05, 0.1) is 0 Å². The van der Waals surface area contributed by atoms with Crippen LogP contribution in [0.2, 0.25) is 0 Å². The average Bonchev–Trinajstić information content (AvgIpc) is 3.76. The van der Waals surface area contributed by atoms with E-state index in [1.807, 2.05) is 19.1 Å². The van der Waals surface area contributed by atoms with Crippen LogP contribution in [0.5, 0.6) is 0 Å². The Morgan fingerprint density at radius 1 is 0.520 bits per heavy atom. The second-order valence-electron chi connectivity index (χ2n) is 13.7. The van der Waals surface area contributed by atoms with E-state index in [-0.39, 0.29) is 42.0 Å². The molecule has 0 spiro atoms. The van der Waals surface area contributed by atoms with Crippen LogP contribution in [-0.2, 0) is 26.2 Å². The third kappa shape index (κ3) is 19.6. The fraction of sp³-hybridized carbons (Fsp3) is 0.532. The third-order valence-electron chi connectivity index (χ3n) is 9.39. The summed E-state index contributed by atoms with van der Waals surface area (Å²) in [5.74, 6) is 0. The van der Waals surface area contributed by atoms with Crippen molar-refractivity contribution in [3.63, 3.8) is 0 Å². The van der Waals surface area contributed by atoms with E-state index >= 15 is 0 Å². The Bertz CT molecular complexity index is 1190. The minimum absolute atomic E-state index is 0. The van der Waals surface area contributed by atoms with Crippen molar-refractivity contribution in [3.05, 3.63) is 97.6 Å². The fourth-order valence-corrected chi connectivity index (χ4v) is 11.6. The Kier molecular flexibility index (Phi) is 29.5. The van der Waals surface area contributed by atoms with Crippen molar-refractivity contribution in [1.82, 2.24) is 0 Å². The summed E-state index contributed by atoms with van der Waals surface area (Å²) in [7, 11) is 0.128. The monoisotopic (exact) mass is 788 g/mol. The second kappa shape index (κ2) is 31.4. The largest absolute Gasteiger partial charge is 2.00 e. The molecule has 0 saturated heterocycles. The SMILES string of the molecule is C=CC=CC.CCCCCCP(CCCCCC)c1cc2ccccc2[cH-]1.CCCCCCP(CCCCCC)c1cc2ccccc2[cH-]1.[Zr+2]. The van der Waals surface area contributed by atoms with Gasteiger partial charge < -0.3 is 0 Å². The minimum Gasteiger partial charge on any atom is -0.161 e. The topological polar surface area (TPSA) is 0 Å². The van der Waals surface area contributed by atoms with Crippen molar-refractivity contribution in [3.8, 4) is 0 Å². The van der Waals surface area contributed by atoms with E-state index in [9.17, 15) is 0 Å². The average molecular weight is 790 g/mol. The van der Waals surface area contributed by atoms with Gasteiger partial charge in [-0.05, 0) is 57.3 Å². The van der Waals surface area contributed by atoms with E-state index in [1.54, 1.807) is 16.7 Å². The molecule has 0 nitrogen and oxygen atoms in total. The van der Waals surface area contributed by atoms with Crippen LogP contribution in [-0.4, -0.2) is 24.6 Å². The molecule has 0 aliphatic rings. The van der Waals surface area contributed by atoms with Crippen LogP contribution < -0.4 is 10.6 Å².